The molecule has 1 aliphatic heterocycles. The molecule has 1 saturated carbocycles. The van der Waals surface area contributed by atoms with Gasteiger partial charge in [0.2, 0.25) is 5.95 Å². The monoisotopic (exact) mass is 246 g/mol. The molecule has 18 heavy (non-hydrogen) atoms. The Morgan fingerprint density at radius 3 is 2.61 bits per heavy atom. The van der Waals surface area contributed by atoms with Gasteiger partial charge in [-0.15, -0.1) is 0 Å². The first-order valence-electron chi connectivity index (χ1n) is 7.07. The lowest BCUT2D eigenvalue weighted by Crippen LogP contribution is -2.28. The topological polar surface area (TPSA) is 41.0 Å². The van der Waals surface area contributed by atoms with Crippen LogP contribution in [0.2, 0.25) is 0 Å². The van der Waals surface area contributed by atoms with Crippen LogP contribution in [0.5, 0.6) is 0 Å². The van der Waals surface area contributed by atoms with Crippen LogP contribution in [0.1, 0.15) is 37.2 Å². The third kappa shape index (κ3) is 2.48. The van der Waals surface area contributed by atoms with Crippen LogP contribution in [0.3, 0.4) is 0 Å². The Labute approximate surface area is 109 Å². The largest absolute Gasteiger partial charge is 0.344 e. The normalized spacial score (nSPS) is 23.9. The number of rotatable bonds is 4. The van der Waals surface area contributed by atoms with Gasteiger partial charge in [-0.1, -0.05) is 6.42 Å². The summed E-state index contributed by atoms with van der Waals surface area (Å²) < 4.78 is 0. The molecular formula is C14H22N4. The summed E-state index contributed by atoms with van der Waals surface area (Å²) in [5.74, 6) is 2.33. The minimum atomic E-state index is 0.725. The minimum Gasteiger partial charge on any atom is -0.344 e. The smallest absolute Gasteiger partial charge is 0.225 e. The molecule has 2 heterocycles. The summed E-state index contributed by atoms with van der Waals surface area (Å²) in [6.07, 6.45) is 9.30. The van der Waals surface area contributed by atoms with E-state index < -0.39 is 0 Å². The van der Waals surface area contributed by atoms with Gasteiger partial charge in [0.25, 0.3) is 0 Å². The first-order chi connectivity index (χ1) is 8.83. The van der Waals surface area contributed by atoms with Crippen molar-refractivity contribution >= 4 is 5.95 Å². The highest BCUT2D eigenvalue weighted by atomic mass is 15.2. The average Bonchev–Trinajstić information content (AvgIpc) is 2.80. The van der Waals surface area contributed by atoms with Crippen molar-refractivity contribution in [2.75, 3.05) is 31.6 Å². The van der Waals surface area contributed by atoms with Gasteiger partial charge >= 0.3 is 0 Å². The van der Waals surface area contributed by atoms with Crippen LogP contribution < -0.4 is 10.2 Å². The van der Waals surface area contributed by atoms with Crippen molar-refractivity contribution in [1.82, 2.24) is 15.3 Å². The summed E-state index contributed by atoms with van der Waals surface area (Å²) in [5.41, 5.74) is 1.32. The maximum absolute atomic E-state index is 4.52. The molecule has 0 bridgehead atoms. The van der Waals surface area contributed by atoms with Gasteiger partial charge in [-0.2, -0.15) is 0 Å². The van der Waals surface area contributed by atoms with Gasteiger partial charge in [0.1, 0.15) is 0 Å². The van der Waals surface area contributed by atoms with Gasteiger partial charge in [0.05, 0.1) is 0 Å². The van der Waals surface area contributed by atoms with Gasteiger partial charge < -0.3 is 10.2 Å². The van der Waals surface area contributed by atoms with E-state index in [1.807, 2.05) is 12.4 Å². The van der Waals surface area contributed by atoms with Crippen molar-refractivity contribution in [3.05, 3.63) is 18.0 Å². The van der Waals surface area contributed by atoms with Crippen LogP contribution in [0.25, 0.3) is 0 Å². The zero-order chi connectivity index (χ0) is 12.4. The number of nitrogens with zero attached hydrogens (tertiary/aromatic N) is 3. The summed E-state index contributed by atoms with van der Waals surface area (Å²) >= 11 is 0. The lowest BCUT2D eigenvalue weighted by atomic mass is 9.81. The van der Waals surface area contributed by atoms with Crippen LogP contribution >= 0.6 is 0 Å². The Bertz CT molecular complexity index is 379. The molecule has 1 atom stereocenters. The summed E-state index contributed by atoms with van der Waals surface area (Å²) in [4.78, 5) is 11.2. The summed E-state index contributed by atoms with van der Waals surface area (Å²) in [7, 11) is 2.09. The van der Waals surface area contributed by atoms with E-state index in [0.29, 0.717) is 0 Å². The summed E-state index contributed by atoms with van der Waals surface area (Å²) in [6.45, 7) is 3.33. The number of hydrogen-bond donors (Lipinski definition) is 1. The highest BCUT2D eigenvalue weighted by molar-refractivity contribution is 5.29. The predicted molar refractivity (Wildman–Crippen MR) is 72.9 cm³/mol. The molecule has 1 saturated heterocycles. The second-order valence-electron chi connectivity index (χ2n) is 5.68. The van der Waals surface area contributed by atoms with Crippen LogP contribution in [0, 0.1) is 5.92 Å². The number of anilines is 1. The van der Waals surface area contributed by atoms with Crippen molar-refractivity contribution in [2.45, 2.75) is 31.6 Å². The van der Waals surface area contributed by atoms with E-state index in [4.69, 9.17) is 0 Å². The molecule has 2 aliphatic rings. The van der Waals surface area contributed by atoms with E-state index in [1.54, 1.807) is 0 Å². The summed E-state index contributed by atoms with van der Waals surface area (Å²) in [6, 6.07) is 0. The molecule has 0 spiro atoms. The van der Waals surface area contributed by atoms with Crippen molar-refractivity contribution in [3.8, 4) is 0 Å². The van der Waals surface area contributed by atoms with Gasteiger partial charge in [0, 0.05) is 26.0 Å². The highest BCUT2D eigenvalue weighted by Gasteiger charge is 2.21. The van der Waals surface area contributed by atoms with E-state index >= 15 is 0 Å². The SMILES string of the molecule is CN(CC1CCNC1)c1ncc(C2CCC2)cn1. The number of hydrogen-bond acceptors (Lipinski definition) is 4. The van der Waals surface area contributed by atoms with Crippen LogP contribution in [0.15, 0.2) is 12.4 Å². The molecule has 0 aromatic carbocycles. The van der Waals surface area contributed by atoms with Crippen molar-refractivity contribution < 1.29 is 0 Å². The van der Waals surface area contributed by atoms with Gasteiger partial charge in [-0.05, 0) is 49.8 Å². The zero-order valence-electron chi connectivity index (χ0n) is 11.1. The number of aromatic nitrogens is 2. The molecule has 1 unspecified atom stereocenters. The Kier molecular flexibility index (Phi) is 3.46. The molecule has 1 N–H and O–H groups in total. The van der Waals surface area contributed by atoms with E-state index in [-0.39, 0.29) is 0 Å². The minimum absolute atomic E-state index is 0.725. The fourth-order valence-electron chi connectivity index (χ4n) is 2.82. The molecule has 1 aromatic heterocycles. The predicted octanol–water partition coefficient (Wildman–Crippen LogP) is 1.79. The standard InChI is InChI=1S/C14H22N4/c1-18(10-11-5-6-15-7-11)14-16-8-13(9-17-14)12-3-2-4-12/h8-9,11-12,15H,2-7,10H2,1H3. The first kappa shape index (κ1) is 11.9. The number of nitrogens with one attached hydrogen (secondary N) is 1. The second-order valence-corrected chi connectivity index (χ2v) is 5.68. The molecule has 0 amide bonds. The zero-order valence-corrected chi connectivity index (χ0v) is 11.1. The maximum Gasteiger partial charge on any atom is 0.225 e. The van der Waals surface area contributed by atoms with Crippen molar-refractivity contribution in [1.29, 1.82) is 0 Å². The third-order valence-electron chi connectivity index (χ3n) is 4.27. The van der Waals surface area contributed by atoms with Crippen LogP contribution in [-0.4, -0.2) is 36.6 Å². The fourth-order valence-corrected chi connectivity index (χ4v) is 2.82. The molecule has 0 radical (unpaired) electrons. The second kappa shape index (κ2) is 5.22. The maximum atomic E-state index is 4.52. The lowest BCUT2D eigenvalue weighted by molar-refractivity contribution is 0.417. The Morgan fingerprint density at radius 1 is 1.28 bits per heavy atom. The molecule has 4 heteroatoms. The van der Waals surface area contributed by atoms with Gasteiger partial charge in [0.15, 0.2) is 0 Å². The van der Waals surface area contributed by atoms with Crippen molar-refractivity contribution in [3.63, 3.8) is 0 Å². The van der Waals surface area contributed by atoms with E-state index in [2.05, 4.69) is 27.2 Å². The molecule has 4 nitrogen and oxygen atoms in total. The van der Waals surface area contributed by atoms with E-state index in [1.165, 1.54) is 31.2 Å². The van der Waals surface area contributed by atoms with Crippen LogP contribution in [0.4, 0.5) is 5.95 Å². The molecule has 2 fully saturated rings. The quantitative estimate of drug-likeness (QED) is 0.879. The Hall–Kier alpha value is -1.16. The third-order valence-corrected chi connectivity index (χ3v) is 4.27. The van der Waals surface area contributed by atoms with Gasteiger partial charge in [-0.25, -0.2) is 9.97 Å². The highest BCUT2D eigenvalue weighted by Crippen LogP contribution is 2.35. The average molecular weight is 246 g/mol. The van der Waals surface area contributed by atoms with E-state index in [9.17, 15) is 0 Å². The van der Waals surface area contributed by atoms with Crippen molar-refractivity contribution in [2.24, 2.45) is 5.92 Å². The molecule has 1 aliphatic carbocycles. The molecule has 1 aromatic rings. The van der Waals surface area contributed by atoms with Crippen LogP contribution in [-0.2, 0) is 0 Å². The van der Waals surface area contributed by atoms with Gasteiger partial charge in [-0.3, -0.25) is 0 Å². The van der Waals surface area contributed by atoms with E-state index in [0.717, 1.165) is 37.4 Å². The first-order valence-corrected chi connectivity index (χ1v) is 7.07. The molecule has 98 valence electrons. The Morgan fingerprint density at radius 2 is 2.06 bits per heavy atom. The Balaban J connectivity index is 1.60. The summed E-state index contributed by atoms with van der Waals surface area (Å²) in [5, 5.41) is 3.40. The lowest BCUT2D eigenvalue weighted by Gasteiger charge is -2.26. The molecular weight excluding hydrogens is 224 g/mol. The fraction of sp³-hybridized carbons (Fsp3) is 0.714. The molecule has 3 rings (SSSR count).